The fourth-order valence-corrected chi connectivity index (χ4v) is 3.29. The van der Waals surface area contributed by atoms with Gasteiger partial charge < -0.3 is 29.7 Å². The van der Waals surface area contributed by atoms with Crippen molar-refractivity contribution in [1.82, 2.24) is 15.5 Å². The molecule has 0 fully saturated rings. The van der Waals surface area contributed by atoms with E-state index in [0.717, 1.165) is 11.1 Å². The Morgan fingerprint density at radius 1 is 0.879 bits per heavy atom. The van der Waals surface area contributed by atoms with Crippen LogP contribution in [0.3, 0.4) is 0 Å². The van der Waals surface area contributed by atoms with E-state index in [9.17, 15) is 4.79 Å². The second kappa shape index (κ2) is 14.5. The molecule has 0 bridgehead atoms. The molecule has 2 aromatic carbocycles. The van der Waals surface area contributed by atoms with E-state index in [1.165, 1.54) is 0 Å². The molecule has 0 aliphatic rings. The molecule has 0 saturated heterocycles. The normalized spacial score (nSPS) is 10.7. The van der Waals surface area contributed by atoms with Crippen LogP contribution in [0.2, 0.25) is 0 Å². The van der Waals surface area contributed by atoms with Crippen LogP contribution >= 0.6 is 24.0 Å². The van der Waals surface area contributed by atoms with Gasteiger partial charge in [0, 0.05) is 38.8 Å². The predicted molar refractivity (Wildman–Crippen MR) is 142 cm³/mol. The Hall–Kier alpha value is -2.69. The van der Waals surface area contributed by atoms with Crippen molar-refractivity contribution in [3.05, 3.63) is 53.1 Å². The molecule has 0 aliphatic carbocycles. The van der Waals surface area contributed by atoms with Gasteiger partial charge in [-0.15, -0.1) is 24.0 Å². The lowest BCUT2D eigenvalue weighted by Crippen LogP contribution is -2.36. The summed E-state index contributed by atoms with van der Waals surface area (Å²) in [6.07, 6.45) is 0. The second-order valence-corrected chi connectivity index (χ2v) is 6.99. The monoisotopic (exact) mass is 570 g/mol. The average Bonchev–Trinajstić information content (AvgIpc) is 2.84. The van der Waals surface area contributed by atoms with Gasteiger partial charge in [-0.1, -0.05) is 12.1 Å². The zero-order valence-electron chi connectivity index (χ0n) is 20.2. The Bertz CT molecular complexity index is 890. The fourth-order valence-electron chi connectivity index (χ4n) is 3.29. The van der Waals surface area contributed by atoms with Gasteiger partial charge in [0.2, 0.25) is 5.75 Å². The zero-order chi connectivity index (χ0) is 23.5. The van der Waals surface area contributed by atoms with Crippen LogP contribution in [-0.4, -0.2) is 58.2 Å². The van der Waals surface area contributed by atoms with E-state index in [4.69, 9.17) is 14.2 Å². The molecule has 0 unspecified atom stereocenters. The highest BCUT2D eigenvalue weighted by molar-refractivity contribution is 14.0. The number of hydrogen-bond donors (Lipinski definition) is 2. The third-order valence-electron chi connectivity index (χ3n) is 5.12. The van der Waals surface area contributed by atoms with Gasteiger partial charge in [-0.3, -0.25) is 9.79 Å². The summed E-state index contributed by atoms with van der Waals surface area (Å²) in [5.74, 6) is 2.47. The molecule has 0 spiro atoms. The lowest BCUT2D eigenvalue weighted by atomic mass is 10.1. The van der Waals surface area contributed by atoms with Crippen molar-refractivity contribution in [2.45, 2.75) is 26.9 Å². The van der Waals surface area contributed by atoms with Crippen molar-refractivity contribution in [3.8, 4) is 17.2 Å². The molecule has 0 saturated carbocycles. The van der Waals surface area contributed by atoms with Crippen LogP contribution in [0.15, 0.2) is 41.4 Å². The first-order valence-corrected chi connectivity index (χ1v) is 10.6. The topological polar surface area (TPSA) is 84.4 Å². The maximum absolute atomic E-state index is 12.4. The molecule has 2 rings (SSSR count). The molecule has 2 N–H and O–H groups in total. The highest BCUT2D eigenvalue weighted by Crippen LogP contribution is 2.38. The summed E-state index contributed by atoms with van der Waals surface area (Å²) in [4.78, 5) is 18.5. The highest BCUT2D eigenvalue weighted by Gasteiger charge is 2.14. The van der Waals surface area contributed by atoms with E-state index >= 15 is 0 Å². The van der Waals surface area contributed by atoms with Crippen molar-refractivity contribution < 1.29 is 19.0 Å². The summed E-state index contributed by atoms with van der Waals surface area (Å²) in [6, 6.07) is 11.4. The number of rotatable bonds is 10. The molecular weight excluding hydrogens is 535 g/mol. The maximum Gasteiger partial charge on any atom is 0.253 e. The first-order chi connectivity index (χ1) is 15.5. The van der Waals surface area contributed by atoms with Gasteiger partial charge in [-0.2, -0.15) is 0 Å². The molecule has 182 valence electrons. The van der Waals surface area contributed by atoms with Crippen molar-refractivity contribution in [2.75, 3.05) is 41.5 Å². The van der Waals surface area contributed by atoms with Crippen molar-refractivity contribution >= 4 is 35.8 Å². The van der Waals surface area contributed by atoms with Crippen LogP contribution in [0.4, 0.5) is 0 Å². The Labute approximate surface area is 213 Å². The van der Waals surface area contributed by atoms with Crippen LogP contribution in [-0.2, 0) is 13.1 Å². The Balaban J connectivity index is 0.00000544. The molecule has 0 aromatic heterocycles. The minimum Gasteiger partial charge on any atom is -0.493 e. The standard InChI is InChI=1S/C24H34N4O4.HI/c1-7-28(8-2)23(29)19-11-9-17(10-12-19)15-26-24(25-3)27-16-18-13-20(30-4)22(32-6)21(14-18)31-5;/h9-14H,7-8,15-16H2,1-6H3,(H2,25,26,27);1H. The van der Waals surface area contributed by atoms with Gasteiger partial charge in [-0.05, 0) is 49.2 Å². The number of nitrogens with one attached hydrogen (secondary N) is 2. The minimum absolute atomic E-state index is 0. The van der Waals surface area contributed by atoms with Crippen LogP contribution in [0.1, 0.15) is 35.3 Å². The Morgan fingerprint density at radius 3 is 1.82 bits per heavy atom. The van der Waals surface area contributed by atoms with Crippen LogP contribution in [0.25, 0.3) is 0 Å². The van der Waals surface area contributed by atoms with Crippen LogP contribution in [0, 0.1) is 0 Å². The number of ether oxygens (including phenoxy) is 3. The Kier molecular flexibility index (Phi) is 12.4. The third-order valence-corrected chi connectivity index (χ3v) is 5.12. The first kappa shape index (κ1) is 28.3. The van der Waals surface area contributed by atoms with E-state index in [2.05, 4.69) is 15.6 Å². The van der Waals surface area contributed by atoms with Crippen molar-refractivity contribution in [3.63, 3.8) is 0 Å². The number of benzene rings is 2. The summed E-state index contributed by atoms with van der Waals surface area (Å²) in [5.41, 5.74) is 2.71. The average molecular weight is 570 g/mol. The fraction of sp³-hybridized carbons (Fsp3) is 0.417. The molecule has 9 heteroatoms. The van der Waals surface area contributed by atoms with Gasteiger partial charge >= 0.3 is 0 Å². The number of carbonyl (C=O) groups is 1. The number of methoxy groups -OCH3 is 3. The molecule has 2 aromatic rings. The molecule has 0 radical (unpaired) electrons. The quantitative estimate of drug-likeness (QED) is 0.258. The van der Waals surface area contributed by atoms with E-state index in [1.807, 2.05) is 55.1 Å². The number of aliphatic imine (C=N–C) groups is 1. The lowest BCUT2D eigenvalue weighted by Gasteiger charge is -2.18. The molecule has 8 nitrogen and oxygen atoms in total. The molecule has 0 aliphatic heterocycles. The number of nitrogens with zero attached hydrogens (tertiary/aromatic N) is 2. The van der Waals surface area contributed by atoms with E-state index < -0.39 is 0 Å². The summed E-state index contributed by atoms with van der Waals surface area (Å²) >= 11 is 0. The third kappa shape index (κ3) is 7.69. The van der Waals surface area contributed by atoms with Gasteiger partial charge in [-0.25, -0.2) is 0 Å². The summed E-state index contributed by atoms with van der Waals surface area (Å²) in [6.45, 7) is 6.47. The number of hydrogen-bond acceptors (Lipinski definition) is 5. The van der Waals surface area contributed by atoms with Gasteiger partial charge in [0.05, 0.1) is 21.3 Å². The summed E-state index contributed by atoms with van der Waals surface area (Å²) in [5, 5.41) is 6.57. The highest BCUT2D eigenvalue weighted by atomic mass is 127. The Morgan fingerprint density at radius 2 is 1.39 bits per heavy atom. The van der Waals surface area contributed by atoms with Crippen LogP contribution in [0.5, 0.6) is 17.2 Å². The van der Waals surface area contributed by atoms with Crippen molar-refractivity contribution in [1.29, 1.82) is 0 Å². The van der Waals surface area contributed by atoms with Gasteiger partial charge in [0.25, 0.3) is 5.91 Å². The lowest BCUT2D eigenvalue weighted by molar-refractivity contribution is 0.0773. The largest absolute Gasteiger partial charge is 0.493 e. The van der Waals surface area contributed by atoms with E-state index in [-0.39, 0.29) is 29.9 Å². The molecule has 33 heavy (non-hydrogen) atoms. The zero-order valence-corrected chi connectivity index (χ0v) is 22.6. The number of carbonyl (C=O) groups excluding carboxylic acids is 1. The van der Waals surface area contributed by atoms with Gasteiger partial charge in [0.15, 0.2) is 17.5 Å². The van der Waals surface area contributed by atoms with E-state index in [1.54, 1.807) is 28.4 Å². The number of guanidine groups is 1. The smallest absolute Gasteiger partial charge is 0.253 e. The van der Waals surface area contributed by atoms with Gasteiger partial charge in [0.1, 0.15) is 0 Å². The SMILES string of the molecule is CCN(CC)C(=O)c1ccc(CNC(=NC)NCc2cc(OC)c(OC)c(OC)c2)cc1.I. The molecule has 0 atom stereocenters. The van der Waals surface area contributed by atoms with E-state index in [0.29, 0.717) is 55.0 Å². The number of halogens is 1. The molecule has 0 heterocycles. The predicted octanol–water partition coefficient (Wildman–Crippen LogP) is 3.68. The number of amides is 1. The minimum atomic E-state index is 0. The second-order valence-electron chi connectivity index (χ2n) is 6.99. The molecule has 1 amide bonds. The maximum atomic E-state index is 12.4. The molecular formula is C24H35IN4O4. The van der Waals surface area contributed by atoms with Crippen molar-refractivity contribution in [2.24, 2.45) is 4.99 Å². The summed E-state index contributed by atoms with van der Waals surface area (Å²) in [7, 11) is 6.48. The first-order valence-electron chi connectivity index (χ1n) is 10.6. The van der Waals surface area contributed by atoms with Crippen LogP contribution < -0.4 is 24.8 Å². The summed E-state index contributed by atoms with van der Waals surface area (Å²) < 4.78 is 16.2.